The minimum absolute atomic E-state index is 0.0177. The van der Waals surface area contributed by atoms with E-state index in [1.54, 1.807) is 4.90 Å². The highest BCUT2D eigenvalue weighted by Crippen LogP contribution is 2.36. The first kappa shape index (κ1) is 19.0. The number of carbonyl (C=O) groups is 2. The quantitative estimate of drug-likeness (QED) is 0.732. The zero-order valence-corrected chi connectivity index (χ0v) is 16.1. The molecule has 7 heteroatoms. The van der Waals surface area contributed by atoms with Crippen LogP contribution in [0.15, 0.2) is 36.4 Å². The van der Waals surface area contributed by atoms with E-state index in [2.05, 4.69) is 0 Å². The van der Waals surface area contributed by atoms with Gasteiger partial charge in [0.2, 0.25) is 0 Å². The Bertz CT molecular complexity index is 883. The second-order valence-electron chi connectivity index (χ2n) is 6.22. The Morgan fingerprint density at radius 1 is 1.19 bits per heavy atom. The van der Waals surface area contributed by atoms with Gasteiger partial charge in [0.05, 0.1) is 24.8 Å². The Morgan fingerprint density at radius 2 is 1.93 bits per heavy atom. The number of methoxy groups -OCH3 is 2. The highest BCUT2D eigenvalue weighted by Gasteiger charge is 2.31. The van der Waals surface area contributed by atoms with Crippen LogP contribution in [0.2, 0.25) is 5.02 Å². The van der Waals surface area contributed by atoms with Crippen LogP contribution in [-0.2, 0) is 16.0 Å². The van der Waals surface area contributed by atoms with Gasteiger partial charge >= 0.3 is 5.97 Å². The number of fused-ring (bicyclic) bond motifs is 1. The molecule has 0 spiro atoms. The summed E-state index contributed by atoms with van der Waals surface area (Å²) in [7, 11) is 2.90. The SMILES string of the molecule is COc1cc(C(=O)OCC(=O)N2c3ccccc3C[C@H]2C)cc(Cl)c1OC. The van der Waals surface area contributed by atoms with E-state index in [1.165, 1.54) is 26.4 Å². The molecule has 3 rings (SSSR count). The molecule has 0 saturated carbocycles. The maximum atomic E-state index is 12.6. The number of esters is 1. The Balaban J connectivity index is 1.71. The van der Waals surface area contributed by atoms with Crippen LogP contribution < -0.4 is 14.4 Å². The van der Waals surface area contributed by atoms with Crippen LogP contribution in [0, 0.1) is 0 Å². The number of nitrogens with zero attached hydrogens (tertiary/aromatic N) is 1. The summed E-state index contributed by atoms with van der Waals surface area (Å²) in [5.74, 6) is -0.293. The first-order valence-corrected chi connectivity index (χ1v) is 8.82. The molecule has 2 aromatic rings. The van der Waals surface area contributed by atoms with Gasteiger partial charge in [-0.05, 0) is 37.1 Å². The number of carbonyl (C=O) groups excluding carboxylic acids is 2. The van der Waals surface area contributed by atoms with Gasteiger partial charge in [0.15, 0.2) is 18.1 Å². The molecule has 0 N–H and O–H groups in total. The van der Waals surface area contributed by atoms with E-state index < -0.39 is 5.97 Å². The van der Waals surface area contributed by atoms with Crippen molar-refractivity contribution in [1.29, 1.82) is 0 Å². The second-order valence-corrected chi connectivity index (χ2v) is 6.62. The highest BCUT2D eigenvalue weighted by atomic mass is 35.5. The minimum atomic E-state index is -0.661. The summed E-state index contributed by atoms with van der Waals surface area (Å²) in [5.41, 5.74) is 2.15. The molecule has 1 heterocycles. The zero-order chi connectivity index (χ0) is 19.6. The number of hydrogen-bond donors (Lipinski definition) is 0. The summed E-state index contributed by atoms with van der Waals surface area (Å²) in [6, 6.07) is 10.6. The maximum Gasteiger partial charge on any atom is 0.338 e. The van der Waals surface area contributed by atoms with E-state index in [1.807, 2.05) is 31.2 Å². The smallest absolute Gasteiger partial charge is 0.338 e. The van der Waals surface area contributed by atoms with Crippen molar-refractivity contribution in [2.45, 2.75) is 19.4 Å². The maximum absolute atomic E-state index is 12.6. The van der Waals surface area contributed by atoms with E-state index in [9.17, 15) is 9.59 Å². The summed E-state index contributed by atoms with van der Waals surface area (Å²) < 4.78 is 15.5. The molecule has 142 valence electrons. The number of benzene rings is 2. The molecule has 1 amide bonds. The van der Waals surface area contributed by atoms with Crippen LogP contribution in [0.1, 0.15) is 22.8 Å². The molecule has 6 nitrogen and oxygen atoms in total. The highest BCUT2D eigenvalue weighted by molar-refractivity contribution is 6.32. The normalized spacial score (nSPS) is 15.3. The van der Waals surface area contributed by atoms with Gasteiger partial charge in [0.25, 0.3) is 5.91 Å². The lowest BCUT2D eigenvalue weighted by Gasteiger charge is -2.22. The van der Waals surface area contributed by atoms with Gasteiger partial charge in [-0.1, -0.05) is 29.8 Å². The second kappa shape index (κ2) is 7.88. The van der Waals surface area contributed by atoms with Gasteiger partial charge in [-0.15, -0.1) is 0 Å². The molecule has 0 aliphatic carbocycles. The van der Waals surface area contributed by atoms with Crippen LogP contribution in [0.25, 0.3) is 0 Å². The molecule has 1 aliphatic rings. The van der Waals surface area contributed by atoms with Crippen LogP contribution >= 0.6 is 11.6 Å². The predicted molar refractivity (Wildman–Crippen MR) is 102 cm³/mol. The summed E-state index contributed by atoms with van der Waals surface area (Å²) in [6.45, 7) is 1.61. The third-order valence-corrected chi connectivity index (χ3v) is 4.75. The van der Waals surface area contributed by atoms with Gasteiger partial charge in [0, 0.05) is 11.7 Å². The Morgan fingerprint density at radius 3 is 2.63 bits per heavy atom. The Kier molecular flexibility index (Phi) is 5.56. The third kappa shape index (κ3) is 3.71. The molecular formula is C20H20ClNO5. The summed E-state index contributed by atoms with van der Waals surface area (Å²) in [5, 5.41) is 0.220. The fraction of sp³-hybridized carbons (Fsp3) is 0.300. The van der Waals surface area contributed by atoms with Crippen molar-refractivity contribution in [3.63, 3.8) is 0 Å². The Hall–Kier alpha value is -2.73. The third-order valence-electron chi connectivity index (χ3n) is 4.47. The molecule has 0 radical (unpaired) electrons. The fourth-order valence-electron chi connectivity index (χ4n) is 3.26. The van der Waals surface area contributed by atoms with Crippen LogP contribution in [0.3, 0.4) is 0 Å². The molecule has 0 fully saturated rings. The van der Waals surface area contributed by atoms with Crippen molar-refractivity contribution in [2.75, 3.05) is 25.7 Å². The molecular weight excluding hydrogens is 370 g/mol. The lowest BCUT2D eigenvalue weighted by Crippen LogP contribution is -2.38. The number of hydrogen-bond acceptors (Lipinski definition) is 5. The van der Waals surface area contributed by atoms with Gasteiger partial charge in [-0.2, -0.15) is 0 Å². The number of ether oxygens (including phenoxy) is 3. The summed E-state index contributed by atoms with van der Waals surface area (Å²) in [4.78, 5) is 26.7. The van der Waals surface area contributed by atoms with Crippen LogP contribution in [0.4, 0.5) is 5.69 Å². The minimum Gasteiger partial charge on any atom is -0.493 e. The monoisotopic (exact) mass is 389 g/mol. The Labute approximate surface area is 162 Å². The zero-order valence-electron chi connectivity index (χ0n) is 15.3. The van der Waals surface area contributed by atoms with Crippen LogP contribution in [0.5, 0.6) is 11.5 Å². The van der Waals surface area contributed by atoms with E-state index in [0.717, 1.165) is 17.7 Å². The number of halogens is 1. The molecule has 0 unspecified atom stereocenters. The average molecular weight is 390 g/mol. The van der Waals surface area contributed by atoms with Gasteiger partial charge in [-0.25, -0.2) is 4.79 Å². The number of amides is 1. The number of para-hydroxylation sites is 1. The average Bonchev–Trinajstić information content (AvgIpc) is 3.00. The number of anilines is 1. The first-order chi connectivity index (χ1) is 13.0. The molecule has 27 heavy (non-hydrogen) atoms. The fourth-order valence-corrected chi connectivity index (χ4v) is 3.55. The van der Waals surface area contributed by atoms with Crippen molar-refractivity contribution in [1.82, 2.24) is 0 Å². The van der Waals surface area contributed by atoms with Crippen molar-refractivity contribution in [3.8, 4) is 11.5 Å². The molecule has 0 aromatic heterocycles. The molecule has 0 bridgehead atoms. The van der Waals surface area contributed by atoms with Crippen molar-refractivity contribution in [3.05, 3.63) is 52.5 Å². The largest absolute Gasteiger partial charge is 0.493 e. The van der Waals surface area contributed by atoms with E-state index in [4.69, 9.17) is 25.8 Å². The van der Waals surface area contributed by atoms with E-state index in [-0.39, 0.29) is 29.1 Å². The standard InChI is InChI=1S/C20H20ClNO5/c1-12-8-13-6-4-5-7-16(13)22(12)18(23)11-27-20(24)14-9-15(21)19(26-3)17(10-14)25-2/h4-7,9-10,12H,8,11H2,1-3H3/t12-/m1/s1. The van der Waals surface area contributed by atoms with Gasteiger partial charge in [0.1, 0.15) is 0 Å². The molecule has 2 aromatic carbocycles. The van der Waals surface area contributed by atoms with Gasteiger partial charge in [-0.3, -0.25) is 4.79 Å². The molecule has 0 saturated heterocycles. The van der Waals surface area contributed by atoms with Crippen molar-refractivity contribution < 1.29 is 23.8 Å². The first-order valence-electron chi connectivity index (χ1n) is 8.44. The van der Waals surface area contributed by atoms with Gasteiger partial charge < -0.3 is 19.1 Å². The van der Waals surface area contributed by atoms with E-state index in [0.29, 0.717) is 11.5 Å². The molecule has 1 aliphatic heterocycles. The van der Waals surface area contributed by atoms with Crippen LogP contribution in [-0.4, -0.2) is 38.7 Å². The summed E-state index contributed by atoms with van der Waals surface area (Å²) >= 11 is 6.11. The summed E-state index contributed by atoms with van der Waals surface area (Å²) in [6.07, 6.45) is 0.779. The number of rotatable bonds is 5. The molecule has 1 atom stereocenters. The lowest BCUT2D eigenvalue weighted by atomic mass is 10.1. The van der Waals surface area contributed by atoms with E-state index >= 15 is 0 Å². The lowest BCUT2D eigenvalue weighted by molar-refractivity contribution is -0.122. The topological polar surface area (TPSA) is 65.1 Å². The van der Waals surface area contributed by atoms with Crippen molar-refractivity contribution in [2.24, 2.45) is 0 Å². The van der Waals surface area contributed by atoms with Crippen molar-refractivity contribution >= 4 is 29.2 Å². The predicted octanol–water partition coefficient (Wildman–Crippen LogP) is 3.49.